The van der Waals surface area contributed by atoms with Gasteiger partial charge in [-0.3, -0.25) is 0 Å². The molecule has 2 aliphatic rings. The van der Waals surface area contributed by atoms with Crippen LogP contribution in [0.1, 0.15) is 72.1 Å². The van der Waals surface area contributed by atoms with Gasteiger partial charge in [0.2, 0.25) is 0 Å². The summed E-state index contributed by atoms with van der Waals surface area (Å²) >= 11 is 0. The Morgan fingerprint density at radius 1 is 1.07 bits per heavy atom. The molecule has 2 aliphatic carbocycles. The van der Waals surface area contributed by atoms with Crippen molar-refractivity contribution in [3.05, 3.63) is 0 Å². The highest BCUT2D eigenvalue weighted by molar-refractivity contribution is 4.89. The molecule has 0 heterocycles. The van der Waals surface area contributed by atoms with Crippen LogP contribution in [0.15, 0.2) is 0 Å². The van der Waals surface area contributed by atoms with Gasteiger partial charge in [0.05, 0.1) is 0 Å². The smallest absolute Gasteiger partial charge is 0.0352 e. The van der Waals surface area contributed by atoms with Gasteiger partial charge in [0, 0.05) is 0 Å². The molecule has 0 bridgehead atoms. The first-order chi connectivity index (χ1) is 7.11. The summed E-state index contributed by atoms with van der Waals surface area (Å²) in [5, 5.41) is 0. The Labute approximate surface area is 95.8 Å². The molecule has 0 aromatic carbocycles. The van der Waals surface area contributed by atoms with Gasteiger partial charge < -0.3 is 0 Å². The number of hydrogen-bond donors (Lipinski definition) is 0. The van der Waals surface area contributed by atoms with Crippen molar-refractivity contribution in [1.29, 1.82) is 0 Å². The summed E-state index contributed by atoms with van der Waals surface area (Å²) in [5.74, 6) is 3.33. The summed E-state index contributed by atoms with van der Waals surface area (Å²) in [5.41, 5.74) is 0.609. The molecular formula is C15H28. The van der Waals surface area contributed by atoms with E-state index in [0.717, 1.165) is 17.8 Å². The second kappa shape index (κ2) is 4.47. The molecule has 0 N–H and O–H groups in total. The van der Waals surface area contributed by atoms with Gasteiger partial charge in [0.1, 0.15) is 0 Å². The monoisotopic (exact) mass is 208 g/mol. The number of fused-ring (bicyclic) bond motifs is 1. The van der Waals surface area contributed by atoms with E-state index in [2.05, 4.69) is 20.8 Å². The Kier molecular flexibility index (Phi) is 3.42. The van der Waals surface area contributed by atoms with Gasteiger partial charge in [-0.15, -0.1) is 0 Å². The first kappa shape index (κ1) is 11.5. The summed E-state index contributed by atoms with van der Waals surface area (Å²) in [6, 6.07) is 0. The normalized spacial score (nSPS) is 35.8. The van der Waals surface area contributed by atoms with Crippen molar-refractivity contribution in [3.8, 4) is 0 Å². The molecule has 15 heavy (non-hydrogen) atoms. The summed E-state index contributed by atoms with van der Waals surface area (Å²) in [6.07, 6.45) is 12.0. The van der Waals surface area contributed by atoms with E-state index in [1.54, 1.807) is 25.7 Å². The fraction of sp³-hybridized carbons (Fsp3) is 1.00. The molecule has 0 spiro atoms. The molecular weight excluding hydrogens is 180 g/mol. The minimum absolute atomic E-state index is 0.609. The lowest BCUT2D eigenvalue weighted by Crippen LogP contribution is -2.15. The van der Waals surface area contributed by atoms with Crippen molar-refractivity contribution in [2.75, 3.05) is 0 Å². The van der Waals surface area contributed by atoms with Gasteiger partial charge in [0.15, 0.2) is 0 Å². The van der Waals surface area contributed by atoms with Gasteiger partial charge >= 0.3 is 0 Å². The largest absolute Gasteiger partial charge is 0.0654 e. The highest BCUT2D eigenvalue weighted by Gasteiger charge is 2.38. The van der Waals surface area contributed by atoms with Crippen molar-refractivity contribution in [1.82, 2.24) is 0 Å². The quantitative estimate of drug-likeness (QED) is 0.608. The van der Waals surface area contributed by atoms with E-state index in [1.165, 1.54) is 25.7 Å². The van der Waals surface area contributed by atoms with Gasteiger partial charge in [-0.2, -0.15) is 0 Å². The van der Waals surface area contributed by atoms with Crippen molar-refractivity contribution >= 4 is 0 Å². The molecule has 0 radical (unpaired) electrons. The van der Waals surface area contributed by atoms with E-state index in [9.17, 15) is 0 Å². The van der Waals surface area contributed by atoms with Crippen LogP contribution in [-0.4, -0.2) is 0 Å². The molecule has 2 fully saturated rings. The zero-order valence-electron chi connectivity index (χ0n) is 10.9. The molecule has 2 saturated carbocycles. The second-order valence-electron chi connectivity index (χ2n) is 6.91. The minimum Gasteiger partial charge on any atom is -0.0654 e. The maximum atomic E-state index is 2.48. The first-order valence-corrected chi connectivity index (χ1v) is 7.11. The standard InChI is InChI=1S/C15H28/c1-4-8-15(2,3)11-12-9-13-6-5-7-14(13)10-12/h12-14H,4-11H2,1-3H3. The number of hydrogen-bond acceptors (Lipinski definition) is 0. The zero-order valence-corrected chi connectivity index (χ0v) is 10.9. The van der Waals surface area contributed by atoms with Crippen LogP contribution in [0.4, 0.5) is 0 Å². The van der Waals surface area contributed by atoms with Crippen molar-refractivity contribution in [2.45, 2.75) is 72.1 Å². The van der Waals surface area contributed by atoms with Crippen molar-refractivity contribution < 1.29 is 0 Å². The predicted octanol–water partition coefficient (Wildman–Crippen LogP) is 5.03. The molecule has 0 heteroatoms. The number of rotatable bonds is 4. The fourth-order valence-electron chi connectivity index (χ4n) is 4.41. The SMILES string of the molecule is CCCC(C)(C)CC1CC2CCCC2C1. The first-order valence-electron chi connectivity index (χ1n) is 7.11. The average Bonchev–Trinajstić information content (AvgIpc) is 2.61. The molecule has 0 saturated heterocycles. The van der Waals surface area contributed by atoms with E-state index in [-0.39, 0.29) is 0 Å². The third kappa shape index (κ3) is 2.77. The minimum atomic E-state index is 0.609. The molecule has 2 unspecified atom stereocenters. The second-order valence-corrected chi connectivity index (χ2v) is 6.91. The van der Waals surface area contributed by atoms with E-state index < -0.39 is 0 Å². The molecule has 2 atom stereocenters. The Hall–Kier alpha value is 0. The van der Waals surface area contributed by atoms with Crippen LogP contribution < -0.4 is 0 Å². The van der Waals surface area contributed by atoms with Gasteiger partial charge in [0.25, 0.3) is 0 Å². The lowest BCUT2D eigenvalue weighted by atomic mass is 9.78. The highest BCUT2D eigenvalue weighted by atomic mass is 14.4. The Morgan fingerprint density at radius 2 is 1.67 bits per heavy atom. The third-order valence-electron chi connectivity index (χ3n) is 4.86. The van der Waals surface area contributed by atoms with E-state index >= 15 is 0 Å². The van der Waals surface area contributed by atoms with Crippen LogP contribution in [0.3, 0.4) is 0 Å². The Bertz CT molecular complexity index is 192. The van der Waals surface area contributed by atoms with Gasteiger partial charge in [-0.05, 0) is 48.9 Å². The van der Waals surface area contributed by atoms with Crippen LogP contribution in [0.5, 0.6) is 0 Å². The molecule has 0 aromatic heterocycles. The van der Waals surface area contributed by atoms with E-state index in [1.807, 2.05) is 0 Å². The topological polar surface area (TPSA) is 0 Å². The van der Waals surface area contributed by atoms with Crippen molar-refractivity contribution in [2.24, 2.45) is 23.2 Å². The molecule has 0 aliphatic heterocycles. The third-order valence-corrected chi connectivity index (χ3v) is 4.86. The molecule has 0 amide bonds. The summed E-state index contributed by atoms with van der Waals surface area (Å²) < 4.78 is 0. The Balaban J connectivity index is 1.81. The average molecular weight is 208 g/mol. The van der Waals surface area contributed by atoms with Gasteiger partial charge in [-0.1, -0.05) is 46.5 Å². The summed E-state index contributed by atoms with van der Waals surface area (Å²) in [6.45, 7) is 7.28. The van der Waals surface area contributed by atoms with Crippen LogP contribution in [0.25, 0.3) is 0 Å². The maximum Gasteiger partial charge on any atom is -0.0352 e. The summed E-state index contributed by atoms with van der Waals surface area (Å²) in [7, 11) is 0. The maximum absolute atomic E-state index is 2.48. The predicted molar refractivity (Wildman–Crippen MR) is 66.9 cm³/mol. The van der Waals surface area contributed by atoms with Crippen LogP contribution in [-0.2, 0) is 0 Å². The van der Waals surface area contributed by atoms with E-state index in [4.69, 9.17) is 0 Å². The van der Waals surface area contributed by atoms with Crippen LogP contribution in [0, 0.1) is 23.2 Å². The lowest BCUT2D eigenvalue weighted by Gasteiger charge is -2.28. The fourth-order valence-corrected chi connectivity index (χ4v) is 4.41. The van der Waals surface area contributed by atoms with Crippen LogP contribution in [0.2, 0.25) is 0 Å². The lowest BCUT2D eigenvalue weighted by molar-refractivity contribution is 0.240. The highest BCUT2D eigenvalue weighted by Crippen LogP contribution is 2.50. The molecule has 88 valence electrons. The van der Waals surface area contributed by atoms with E-state index in [0.29, 0.717) is 5.41 Å². The summed E-state index contributed by atoms with van der Waals surface area (Å²) in [4.78, 5) is 0. The van der Waals surface area contributed by atoms with Crippen molar-refractivity contribution in [3.63, 3.8) is 0 Å². The molecule has 2 rings (SSSR count). The van der Waals surface area contributed by atoms with Crippen LogP contribution >= 0.6 is 0 Å². The zero-order chi connectivity index (χ0) is 10.9. The molecule has 0 aromatic rings. The Morgan fingerprint density at radius 3 is 2.20 bits per heavy atom. The molecule has 0 nitrogen and oxygen atoms in total. The van der Waals surface area contributed by atoms with Gasteiger partial charge in [-0.25, -0.2) is 0 Å².